The van der Waals surface area contributed by atoms with Gasteiger partial charge in [0.15, 0.2) is 0 Å². The first-order valence-electron chi connectivity index (χ1n) is 8.04. The fourth-order valence-electron chi connectivity index (χ4n) is 3.76. The largest absolute Gasteiger partial charge is 0.411 e. The lowest BCUT2D eigenvalue weighted by Gasteiger charge is -2.37. The second-order valence-corrected chi connectivity index (χ2v) is 6.28. The molecule has 2 rings (SSSR count). The van der Waals surface area contributed by atoms with Crippen molar-refractivity contribution in [2.75, 3.05) is 26.3 Å². The Balaban J connectivity index is 1.69. The van der Waals surface area contributed by atoms with Crippen LogP contribution < -0.4 is 0 Å². The fraction of sp³-hybridized carbons (Fsp3) is 1.00. The van der Waals surface area contributed by atoms with Crippen molar-refractivity contribution in [3.05, 3.63) is 0 Å². The standard InChI is InChI=1S/C15H26F3NO2/c16-15(17,18)11-21-10-4-9-19-8-3-6-13(19)12-5-1-2-7-14(12)20/h12-14,20H,1-11H2. The average molecular weight is 309 g/mol. The normalized spacial score (nSPS) is 31.7. The summed E-state index contributed by atoms with van der Waals surface area (Å²) in [6, 6.07) is 0.405. The summed E-state index contributed by atoms with van der Waals surface area (Å²) in [5, 5.41) is 10.2. The molecule has 21 heavy (non-hydrogen) atoms. The number of likely N-dealkylation sites (tertiary alicyclic amines) is 1. The Morgan fingerprint density at radius 3 is 2.57 bits per heavy atom. The van der Waals surface area contributed by atoms with Gasteiger partial charge in [-0.15, -0.1) is 0 Å². The molecule has 0 amide bonds. The van der Waals surface area contributed by atoms with Gasteiger partial charge in [-0.05, 0) is 38.6 Å². The molecule has 1 aliphatic heterocycles. The Hall–Kier alpha value is -0.330. The number of ether oxygens (including phenoxy) is 1. The number of hydrogen-bond donors (Lipinski definition) is 1. The molecule has 1 aliphatic carbocycles. The van der Waals surface area contributed by atoms with Crippen molar-refractivity contribution in [1.29, 1.82) is 0 Å². The van der Waals surface area contributed by atoms with Gasteiger partial charge in [0, 0.05) is 25.1 Å². The highest BCUT2D eigenvalue weighted by molar-refractivity contribution is 4.90. The van der Waals surface area contributed by atoms with Crippen LogP contribution in [0.1, 0.15) is 44.9 Å². The zero-order chi connectivity index (χ0) is 15.3. The highest BCUT2D eigenvalue weighted by Gasteiger charge is 2.36. The van der Waals surface area contributed by atoms with Gasteiger partial charge in [-0.1, -0.05) is 12.8 Å². The molecule has 0 aromatic heterocycles. The molecule has 0 aromatic carbocycles. The average Bonchev–Trinajstić information content (AvgIpc) is 2.86. The second kappa shape index (κ2) is 7.79. The van der Waals surface area contributed by atoms with E-state index in [-0.39, 0.29) is 12.7 Å². The summed E-state index contributed by atoms with van der Waals surface area (Å²) in [6.45, 7) is 0.757. The Kier molecular flexibility index (Phi) is 6.32. The monoisotopic (exact) mass is 309 g/mol. The fourth-order valence-corrected chi connectivity index (χ4v) is 3.76. The minimum Gasteiger partial charge on any atom is -0.393 e. The molecule has 124 valence electrons. The zero-order valence-electron chi connectivity index (χ0n) is 12.4. The van der Waals surface area contributed by atoms with Gasteiger partial charge in [0.2, 0.25) is 0 Å². The summed E-state index contributed by atoms with van der Waals surface area (Å²) in [6.07, 6.45) is 2.67. The molecule has 0 spiro atoms. The summed E-state index contributed by atoms with van der Waals surface area (Å²) in [4.78, 5) is 2.34. The van der Waals surface area contributed by atoms with Crippen LogP contribution in [0, 0.1) is 5.92 Å². The number of aliphatic hydroxyl groups is 1. The molecule has 2 aliphatic rings. The molecule has 2 fully saturated rings. The highest BCUT2D eigenvalue weighted by atomic mass is 19.4. The maximum atomic E-state index is 12.0. The van der Waals surface area contributed by atoms with Crippen molar-refractivity contribution in [1.82, 2.24) is 4.90 Å². The van der Waals surface area contributed by atoms with Gasteiger partial charge in [-0.2, -0.15) is 13.2 Å². The molecule has 3 nitrogen and oxygen atoms in total. The van der Waals surface area contributed by atoms with E-state index in [1.807, 2.05) is 0 Å². The Morgan fingerprint density at radius 2 is 1.86 bits per heavy atom. The third-order valence-electron chi connectivity index (χ3n) is 4.69. The maximum Gasteiger partial charge on any atom is 0.411 e. The Labute approximate surface area is 124 Å². The van der Waals surface area contributed by atoms with Crippen LogP contribution in [-0.4, -0.2) is 54.6 Å². The van der Waals surface area contributed by atoms with E-state index in [0.717, 1.165) is 45.2 Å². The van der Waals surface area contributed by atoms with Crippen molar-refractivity contribution in [2.24, 2.45) is 5.92 Å². The van der Waals surface area contributed by atoms with Crippen LogP contribution in [0.3, 0.4) is 0 Å². The number of alkyl halides is 3. The quantitative estimate of drug-likeness (QED) is 0.766. The third kappa shape index (κ3) is 5.42. The maximum absolute atomic E-state index is 12.0. The molecular weight excluding hydrogens is 283 g/mol. The van der Waals surface area contributed by atoms with Crippen LogP contribution in [0.5, 0.6) is 0 Å². The van der Waals surface area contributed by atoms with E-state index < -0.39 is 12.8 Å². The molecule has 0 radical (unpaired) electrons. The van der Waals surface area contributed by atoms with Crippen LogP contribution in [0.15, 0.2) is 0 Å². The summed E-state index contributed by atoms with van der Waals surface area (Å²) in [5.41, 5.74) is 0. The van der Waals surface area contributed by atoms with E-state index in [2.05, 4.69) is 9.64 Å². The molecule has 1 saturated carbocycles. The first-order chi connectivity index (χ1) is 9.97. The van der Waals surface area contributed by atoms with Crippen molar-refractivity contribution >= 4 is 0 Å². The van der Waals surface area contributed by atoms with Crippen molar-refractivity contribution in [3.63, 3.8) is 0 Å². The third-order valence-corrected chi connectivity index (χ3v) is 4.69. The van der Waals surface area contributed by atoms with Crippen LogP contribution in [0.4, 0.5) is 13.2 Å². The van der Waals surface area contributed by atoms with Gasteiger partial charge in [0.25, 0.3) is 0 Å². The van der Waals surface area contributed by atoms with E-state index in [0.29, 0.717) is 18.4 Å². The van der Waals surface area contributed by atoms with Gasteiger partial charge < -0.3 is 9.84 Å². The number of aliphatic hydroxyl groups excluding tert-OH is 1. The van der Waals surface area contributed by atoms with Crippen LogP contribution in [-0.2, 0) is 4.74 Å². The predicted octanol–water partition coefficient (Wildman–Crippen LogP) is 2.97. The van der Waals surface area contributed by atoms with Crippen LogP contribution >= 0.6 is 0 Å². The lowest BCUT2D eigenvalue weighted by Crippen LogP contribution is -2.43. The second-order valence-electron chi connectivity index (χ2n) is 6.28. The van der Waals surface area contributed by atoms with Crippen molar-refractivity contribution in [3.8, 4) is 0 Å². The highest BCUT2D eigenvalue weighted by Crippen LogP contribution is 2.34. The van der Waals surface area contributed by atoms with Crippen LogP contribution in [0.25, 0.3) is 0 Å². The number of rotatable bonds is 6. The van der Waals surface area contributed by atoms with E-state index in [1.54, 1.807) is 0 Å². The smallest absolute Gasteiger partial charge is 0.393 e. The first kappa shape index (κ1) is 17.0. The van der Waals surface area contributed by atoms with Gasteiger partial charge in [-0.25, -0.2) is 0 Å². The van der Waals surface area contributed by atoms with E-state index in [1.165, 1.54) is 6.42 Å². The number of hydrogen-bond acceptors (Lipinski definition) is 3. The summed E-state index contributed by atoms with van der Waals surface area (Å²) in [7, 11) is 0. The Bertz CT molecular complexity index is 312. The van der Waals surface area contributed by atoms with Crippen molar-refractivity contribution in [2.45, 2.75) is 63.3 Å². The Morgan fingerprint density at radius 1 is 1.10 bits per heavy atom. The van der Waals surface area contributed by atoms with Crippen molar-refractivity contribution < 1.29 is 23.0 Å². The zero-order valence-corrected chi connectivity index (χ0v) is 12.4. The van der Waals surface area contributed by atoms with Gasteiger partial charge >= 0.3 is 6.18 Å². The minimum absolute atomic E-state index is 0.149. The van der Waals surface area contributed by atoms with Crippen LogP contribution in [0.2, 0.25) is 0 Å². The van der Waals surface area contributed by atoms with E-state index >= 15 is 0 Å². The minimum atomic E-state index is -4.23. The van der Waals surface area contributed by atoms with Gasteiger partial charge in [0.1, 0.15) is 6.61 Å². The first-order valence-corrected chi connectivity index (χ1v) is 8.04. The molecular formula is C15H26F3NO2. The lowest BCUT2D eigenvalue weighted by atomic mass is 9.80. The van der Waals surface area contributed by atoms with E-state index in [9.17, 15) is 18.3 Å². The van der Waals surface area contributed by atoms with E-state index in [4.69, 9.17) is 0 Å². The predicted molar refractivity (Wildman–Crippen MR) is 74.1 cm³/mol. The summed E-state index contributed by atoms with van der Waals surface area (Å²) in [5.74, 6) is 0.345. The molecule has 1 N–H and O–H groups in total. The lowest BCUT2D eigenvalue weighted by molar-refractivity contribution is -0.174. The SMILES string of the molecule is OC1CCCCC1C1CCCN1CCCOCC(F)(F)F. The molecule has 1 heterocycles. The van der Waals surface area contributed by atoms with Gasteiger partial charge in [0.05, 0.1) is 6.10 Å². The number of halogens is 3. The number of nitrogens with zero attached hydrogens (tertiary/aromatic N) is 1. The van der Waals surface area contributed by atoms with Gasteiger partial charge in [-0.3, -0.25) is 4.90 Å². The topological polar surface area (TPSA) is 32.7 Å². The molecule has 3 atom stereocenters. The molecule has 3 unspecified atom stereocenters. The molecule has 0 bridgehead atoms. The summed E-state index contributed by atoms with van der Waals surface area (Å²) >= 11 is 0. The molecule has 1 saturated heterocycles. The molecule has 6 heteroatoms. The summed E-state index contributed by atoms with van der Waals surface area (Å²) < 4.78 is 40.6. The molecule has 0 aromatic rings.